The van der Waals surface area contributed by atoms with Crippen molar-refractivity contribution < 1.29 is 13.6 Å². The summed E-state index contributed by atoms with van der Waals surface area (Å²) >= 11 is 0. The van der Waals surface area contributed by atoms with Gasteiger partial charge in [0, 0.05) is 26.4 Å². The molecule has 0 unspecified atom stereocenters. The van der Waals surface area contributed by atoms with Gasteiger partial charge in [-0.15, -0.1) is 0 Å². The number of rotatable bonds is 0. The van der Waals surface area contributed by atoms with Crippen LogP contribution in [0.3, 0.4) is 0 Å². The minimum Gasteiger partial charge on any atom is -0.341 e. The summed E-state index contributed by atoms with van der Waals surface area (Å²) in [6.07, 6.45) is 0.572. The number of hydrogen-bond acceptors (Lipinski definition) is 1. The number of carbonyl (C=O) groups is 1. The van der Waals surface area contributed by atoms with E-state index in [9.17, 15) is 13.6 Å². The van der Waals surface area contributed by atoms with E-state index < -0.39 is 11.3 Å². The first-order valence-corrected chi connectivity index (χ1v) is 4.10. The molecule has 2 nitrogen and oxygen atoms in total. The molecule has 1 aliphatic heterocycles. The number of nitrogens with zero attached hydrogens (tertiary/aromatic N) is 1. The van der Waals surface area contributed by atoms with Crippen LogP contribution in [0.1, 0.15) is 19.8 Å². The van der Waals surface area contributed by atoms with Gasteiger partial charge < -0.3 is 4.90 Å². The zero-order valence-corrected chi connectivity index (χ0v) is 6.94. The minimum absolute atomic E-state index is 0.00125. The molecular formula is C8H11F2NO. The van der Waals surface area contributed by atoms with E-state index in [-0.39, 0.29) is 25.4 Å². The molecule has 1 saturated carbocycles. The predicted molar refractivity (Wildman–Crippen MR) is 38.9 cm³/mol. The first-order valence-electron chi connectivity index (χ1n) is 4.10. The lowest BCUT2D eigenvalue weighted by molar-refractivity contribution is -0.254. The van der Waals surface area contributed by atoms with Crippen LogP contribution in [0.4, 0.5) is 8.78 Å². The van der Waals surface area contributed by atoms with Crippen molar-refractivity contribution in [2.45, 2.75) is 25.7 Å². The van der Waals surface area contributed by atoms with Gasteiger partial charge in [-0.05, 0) is 6.42 Å². The van der Waals surface area contributed by atoms with Crippen molar-refractivity contribution in [2.24, 2.45) is 5.41 Å². The molecule has 68 valence electrons. The Kier molecular flexibility index (Phi) is 1.31. The Labute approximate surface area is 69.5 Å². The van der Waals surface area contributed by atoms with Crippen LogP contribution in [-0.4, -0.2) is 29.8 Å². The fourth-order valence-corrected chi connectivity index (χ4v) is 1.96. The van der Waals surface area contributed by atoms with Crippen LogP contribution < -0.4 is 0 Å². The van der Waals surface area contributed by atoms with Crippen LogP contribution in [0, 0.1) is 5.41 Å². The SMILES string of the molecule is CC(=O)N1CC2(CCC2(F)F)C1. The van der Waals surface area contributed by atoms with E-state index >= 15 is 0 Å². The molecule has 0 bridgehead atoms. The smallest absolute Gasteiger partial charge is 0.257 e. The van der Waals surface area contributed by atoms with Gasteiger partial charge in [0.25, 0.3) is 5.92 Å². The van der Waals surface area contributed by atoms with Crippen molar-refractivity contribution in [3.63, 3.8) is 0 Å². The number of halogens is 2. The van der Waals surface area contributed by atoms with Crippen molar-refractivity contribution in [2.75, 3.05) is 13.1 Å². The quantitative estimate of drug-likeness (QED) is 0.542. The molecule has 0 aromatic rings. The molecule has 0 aromatic carbocycles. The third-order valence-corrected chi connectivity index (χ3v) is 3.13. The molecule has 1 saturated heterocycles. The molecular weight excluding hydrogens is 164 g/mol. The summed E-state index contributed by atoms with van der Waals surface area (Å²) in [4.78, 5) is 12.2. The fraction of sp³-hybridized carbons (Fsp3) is 0.875. The second-order valence-electron chi connectivity index (χ2n) is 3.86. The van der Waals surface area contributed by atoms with E-state index in [1.165, 1.54) is 11.8 Å². The molecule has 0 N–H and O–H groups in total. The lowest BCUT2D eigenvalue weighted by Crippen LogP contribution is -2.70. The fourth-order valence-electron chi connectivity index (χ4n) is 1.96. The molecule has 2 rings (SSSR count). The van der Waals surface area contributed by atoms with E-state index in [1.54, 1.807) is 0 Å². The first kappa shape index (κ1) is 7.95. The standard InChI is InChI=1S/C8H11F2NO/c1-6(12)11-4-7(5-11)2-3-8(7,9)10/h2-5H2,1H3. The van der Waals surface area contributed by atoms with Gasteiger partial charge in [-0.2, -0.15) is 0 Å². The Morgan fingerprint density at radius 1 is 1.33 bits per heavy atom. The average Bonchev–Trinajstić information content (AvgIpc) is 1.81. The van der Waals surface area contributed by atoms with Crippen LogP contribution in [0.2, 0.25) is 0 Å². The van der Waals surface area contributed by atoms with Crippen LogP contribution in [-0.2, 0) is 4.79 Å². The van der Waals surface area contributed by atoms with Gasteiger partial charge in [-0.3, -0.25) is 4.79 Å². The molecule has 1 aliphatic carbocycles. The molecule has 1 spiro atoms. The van der Waals surface area contributed by atoms with E-state index in [0.29, 0.717) is 6.42 Å². The largest absolute Gasteiger partial charge is 0.341 e. The maximum atomic E-state index is 12.9. The highest BCUT2D eigenvalue weighted by molar-refractivity contribution is 5.74. The second-order valence-corrected chi connectivity index (χ2v) is 3.86. The van der Waals surface area contributed by atoms with Crippen molar-refractivity contribution in [3.8, 4) is 0 Å². The third-order valence-electron chi connectivity index (χ3n) is 3.13. The summed E-state index contributed by atoms with van der Waals surface area (Å²) in [6, 6.07) is 0. The Bertz CT molecular complexity index is 233. The van der Waals surface area contributed by atoms with Crippen LogP contribution in [0.25, 0.3) is 0 Å². The zero-order chi connectivity index (χ0) is 8.98. The van der Waals surface area contributed by atoms with Crippen LogP contribution in [0.5, 0.6) is 0 Å². The Morgan fingerprint density at radius 2 is 1.92 bits per heavy atom. The number of likely N-dealkylation sites (tertiary alicyclic amines) is 1. The van der Waals surface area contributed by atoms with Gasteiger partial charge >= 0.3 is 0 Å². The van der Waals surface area contributed by atoms with Gasteiger partial charge in [-0.25, -0.2) is 8.78 Å². The Balaban J connectivity index is 2.00. The van der Waals surface area contributed by atoms with Crippen molar-refractivity contribution in [1.82, 2.24) is 4.90 Å². The van der Waals surface area contributed by atoms with Gasteiger partial charge in [0.15, 0.2) is 0 Å². The summed E-state index contributed by atoms with van der Waals surface area (Å²) in [6.45, 7) is 1.94. The lowest BCUT2D eigenvalue weighted by atomic mass is 9.60. The lowest BCUT2D eigenvalue weighted by Gasteiger charge is -2.59. The van der Waals surface area contributed by atoms with Gasteiger partial charge in [-0.1, -0.05) is 0 Å². The van der Waals surface area contributed by atoms with Crippen LogP contribution >= 0.6 is 0 Å². The summed E-state index contributed by atoms with van der Waals surface area (Å²) in [7, 11) is 0. The second kappa shape index (κ2) is 1.98. The molecule has 0 atom stereocenters. The topological polar surface area (TPSA) is 20.3 Å². The minimum atomic E-state index is -2.51. The summed E-state index contributed by atoms with van der Waals surface area (Å²) < 4.78 is 25.9. The molecule has 4 heteroatoms. The Morgan fingerprint density at radius 3 is 2.17 bits per heavy atom. The normalized spacial score (nSPS) is 29.4. The van der Waals surface area contributed by atoms with Gasteiger partial charge in [0.1, 0.15) is 0 Å². The van der Waals surface area contributed by atoms with E-state index in [0.717, 1.165) is 0 Å². The van der Waals surface area contributed by atoms with Crippen molar-refractivity contribution >= 4 is 5.91 Å². The highest BCUT2D eigenvalue weighted by Crippen LogP contribution is 2.58. The van der Waals surface area contributed by atoms with E-state index in [2.05, 4.69) is 0 Å². The van der Waals surface area contributed by atoms with Crippen molar-refractivity contribution in [1.29, 1.82) is 0 Å². The highest BCUT2D eigenvalue weighted by Gasteiger charge is 2.67. The number of hydrogen-bond donors (Lipinski definition) is 0. The number of carbonyl (C=O) groups excluding carboxylic acids is 1. The zero-order valence-electron chi connectivity index (χ0n) is 6.94. The van der Waals surface area contributed by atoms with E-state index in [1.807, 2.05) is 0 Å². The number of amides is 1. The summed E-state index contributed by atoms with van der Waals surface area (Å²) in [5.41, 5.74) is -0.835. The number of alkyl halides is 2. The van der Waals surface area contributed by atoms with Gasteiger partial charge in [0.05, 0.1) is 5.41 Å². The maximum absolute atomic E-state index is 12.9. The molecule has 0 aromatic heterocycles. The molecule has 1 heterocycles. The average molecular weight is 175 g/mol. The van der Waals surface area contributed by atoms with Gasteiger partial charge in [0.2, 0.25) is 5.91 Å². The molecule has 0 radical (unpaired) electrons. The van der Waals surface area contributed by atoms with Crippen LogP contribution in [0.15, 0.2) is 0 Å². The highest BCUT2D eigenvalue weighted by atomic mass is 19.3. The molecule has 1 amide bonds. The third kappa shape index (κ3) is 0.753. The predicted octanol–water partition coefficient (Wildman–Crippen LogP) is 1.26. The molecule has 12 heavy (non-hydrogen) atoms. The Hall–Kier alpha value is -0.670. The maximum Gasteiger partial charge on any atom is 0.257 e. The first-order chi connectivity index (χ1) is 5.47. The van der Waals surface area contributed by atoms with E-state index in [4.69, 9.17) is 0 Å². The molecule has 2 aliphatic rings. The summed E-state index contributed by atoms with van der Waals surface area (Å²) in [5.74, 6) is -2.61. The van der Waals surface area contributed by atoms with Crippen molar-refractivity contribution in [3.05, 3.63) is 0 Å². The summed E-state index contributed by atoms with van der Waals surface area (Å²) in [5, 5.41) is 0. The monoisotopic (exact) mass is 175 g/mol. The molecule has 2 fully saturated rings.